The number of alkyl halides is 6. The lowest BCUT2D eigenvalue weighted by molar-refractivity contribution is -0.930. The van der Waals surface area contributed by atoms with Gasteiger partial charge in [0.2, 0.25) is 5.91 Å². The molecule has 0 aromatic carbocycles. The number of nitrogens with zero attached hydrogens (tertiary/aromatic N) is 2. The Morgan fingerprint density at radius 1 is 0.871 bits per heavy atom. The third-order valence-corrected chi connectivity index (χ3v) is 6.39. The Hall–Kier alpha value is -1.39. The van der Waals surface area contributed by atoms with Crippen molar-refractivity contribution in [1.82, 2.24) is 5.32 Å². The Morgan fingerprint density at radius 3 is 1.42 bits per heavy atom. The molecule has 0 saturated heterocycles. The fourth-order valence-corrected chi connectivity index (χ4v) is 4.24. The highest BCUT2D eigenvalue weighted by atomic mass is 32.3. The Bertz CT molecular complexity index is 721. The largest absolute Gasteiger partial charge is 0.480 e. The number of quaternary nitrogens is 1. The van der Waals surface area contributed by atoms with Gasteiger partial charge in [-0.25, -0.2) is 16.8 Å². The van der Waals surface area contributed by atoms with Crippen LogP contribution < -0.4 is 5.32 Å². The molecule has 1 N–H and O–H groups in total. The zero-order valence-corrected chi connectivity index (χ0v) is 18.9. The van der Waals surface area contributed by atoms with Crippen molar-refractivity contribution in [3.8, 4) is 0 Å². The quantitative estimate of drug-likeness (QED) is 0.200. The van der Waals surface area contributed by atoms with Crippen LogP contribution >= 0.6 is 0 Å². The van der Waals surface area contributed by atoms with Gasteiger partial charge in [-0.1, -0.05) is 27.4 Å². The molecule has 0 aromatic rings. The maximum Gasteiger partial charge on any atom is 0.480 e. The van der Waals surface area contributed by atoms with Gasteiger partial charge in [0.15, 0.2) is 26.7 Å². The molecule has 8 nitrogen and oxygen atoms in total. The van der Waals surface area contributed by atoms with Crippen LogP contribution in [0.25, 0.3) is 4.13 Å². The fourth-order valence-electron chi connectivity index (χ4n) is 2.53. The molecule has 0 bridgehead atoms. The summed E-state index contributed by atoms with van der Waals surface area (Å²) in [4.78, 5) is 11.2. The standard InChI is InChI=1S/C13H26N2O.C2F6NO4S2/c1-5-9-15(10-6-2,11-7-3)12-14-13(16)8-4;3-1(4,5)14(10,11)9-15(12,13)2(6,7)8/h8H,4-7,9-12H2,1-3H3;/q;-1/p+1. The number of rotatable bonds is 11. The van der Waals surface area contributed by atoms with Gasteiger partial charge in [0.05, 0.1) is 19.6 Å². The van der Waals surface area contributed by atoms with Crippen LogP contribution in [0.15, 0.2) is 12.7 Å². The van der Waals surface area contributed by atoms with Crippen molar-refractivity contribution in [2.24, 2.45) is 0 Å². The molecule has 0 unspecified atom stereocenters. The number of carbonyl (C=O) groups is 1. The second-order valence-electron chi connectivity index (χ2n) is 6.33. The normalized spacial score (nSPS) is 13.2. The molecular weight excluding hydrogens is 480 g/mol. The minimum atomic E-state index is -6.72. The van der Waals surface area contributed by atoms with Crippen molar-refractivity contribution < 1.29 is 52.5 Å². The van der Waals surface area contributed by atoms with Crippen molar-refractivity contribution in [1.29, 1.82) is 0 Å². The maximum absolute atomic E-state index is 11.4. The summed E-state index contributed by atoms with van der Waals surface area (Å²) in [6, 6.07) is 0. The van der Waals surface area contributed by atoms with Crippen LogP contribution in [0.2, 0.25) is 0 Å². The van der Waals surface area contributed by atoms with Crippen LogP contribution in [0.3, 0.4) is 0 Å². The summed E-state index contributed by atoms with van der Waals surface area (Å²) in [5.74, 6) is -0.0641. The van der Waals surface area contributed by atoms with E-state index in [0.717, 1.165) is 54.2 Å². The maximum atomic E-state index is 11.4. The zero-order valence-electron chi connectivity index (χ0n) is 17.3. The van der Waals surface area contributed by atoms with E-state index in [1.54, 1.807) is 0 Å². The van der Waals surface area contributed by atoms with Gasteiger partial charge in [-0.15, -0.1) is 0 Å². The number of carbonyl (C=O) groups excluding carboxylic acids is 1. The van der Waals surface area contributed by atoms with Crippen molar-refractivity contribution >= 4 is 26.0 Å². The van der Waals surface area contributed by atoms with Gasteiger partial charge in [0.25, 0.3) is 0 Å². The molecular formula is C15H27F6N3O5S2. The highest BCUT2D eigenvalue weighted by molar-refractivity contribution is 8.13. The molecule has 0 heterocycles. The first-order valence-electron chi connectivity index (χ1n) is 8.96. The second kappa shape index (κ2) is 12.6. The fraction of sp³-hybridized carbons (Fsp3) is 0.800. The van der Waals surface area contributed by atoms with Crippen LogP contribution in [0, 0.1) is 0 Å². The van der Waals surface area contributed by atoms with Crippen molar-refractivity contribution in [2.75, 3.05) is 26.3 Å². The molecule has 0 fully saturated rings. The first-order chi connectivity index (χ1) is 13.8. The molecule has 0 aliphatic carbocycles. The van der Waals surface area contributed by atoms with E-state index in [-0.39, 0.29) is 5.91 Å². The van der Waals surface area contributed by atoms with E-state index in [9.17, 15) is 48.0 Å². The molecule has 0 rings (SSSR count). The molecule has 16 heteroatoms. The summed E-state index contributed by atoms with van der Waals surface area (Å²) in [6.45, 7) is 14.2. The number of amides is 1. The number of hydrogen-bond acceptors (Lipinski definition) is 5. The number of hydrogen-bond donors (Lipinski definition) is 1. The number of sulfonamides is 2. The molecule has 1 amide bonds. The summed E-state index contributed by atoms with van der Waals surface area (Å²) in [6.07, 6.45) is 4.82. The lowest BCUT2D eigenvalue weighted by atomic mass is 10.2. The molecule has 0 spiro atoms. The molecule has 186 valence electrons. The molecule has 0 radical (unpaired) electrons. The predicted molar refractivity (Wildman–Crippen MR) is 102 cm³/mol. The summed E-state index contributed by atoms with van der Waals surface area (Å²) in [7, 11) is -13.4. The zero-order chi connectivity index (χ0) is 25.1. The van der Waals surface area contributed by atoms with Gasteiger partial charge in [0, 0.05) is 0 Å². The summed E-state index contributed by atoms with van der Waals surface area (Å²) in [5.41, 5.74) is -12.4. The van der Waals surface area contributed by atoms with Crippen LogP contribution in [0.4, 0.5) is 26.3 Å². The average Bonchev–Trinajstić information content (AvgIpc) is 2.58. The van der Waals surface area contributed by atoms with Gasteiger partial charge in [-0.3, -0.25) is 4.79 Å². The van der Waals surface area contributed by atoms with E-state index < -0.39 is 31.1 Å². The van der Waals surface area contributed by atoms with Gasteiger partial charge >= 0.3 is 11.0 Å². The van der Waals surface area contributed by atoms with E-state index in [1.165, 1.54) is 6.08 Å². The van der Waals surface area contributed by atoms with E-state index in [2.05, 4.69) is 32.7 Å². The molecule has 31 heavy (non-hydrogen) atoms. The first kappa shape index (κ1) is 31.8. The third-order valence-electron chi connectivity index (χ3n) is 3.65. The Labute approximate surface area is 178 Å². The van der Waals surface area contributed by atoms with Crippen molar-refractivity contribution in [3.63, 3.8) is 0 Å². The van der Waals surface area contributed by atoms with Gasteiger partial charge in [0.1, 0.15) is 0 Å². The third kappa shape index (κ3) is 11.2. The molecule has 0 aliphatic heterocycles. The van der Waals surface area contributed by atoms with E-state index in [4.69, 9.17) is 0 Å². The molecule has 0 atom stereocenters. The van der Waals surface area contributed by atoms with Gasteiger partial charge < -0.3 is 13.9 Å². The van der Waals surface area contributed by atoms with Crippen molar-refractivity contribution in [2.45, 2.75) is 51.1 Å². The van der Waals surface area contributed by atoms with Gasteiger partial charge in [-0.2, -0.15) is 26.3 Å². The van der Waals surface area contributed by atoms with Crippen LogP contribution in [-0.4, -0.2) is 64.5 Å². The summed E-state index contributed by atoms with van der Waals surface area (Å²) in [5, 5.41) is 2.94. The smallest absolute Gasteiger partial charge is 0.421 e. The SMILES string of the molecule is C=CC(=O)NC[N+](CCC)(CCC)CCC.O=S(=O)([N-]S(=O)(=O)C(F)(F)F)C(F)(F)F. The van der Waals surface area contributed by atoms with Crippen LogP contribution in [-0.2, 0) is 24.8 Å². The first-order valence-corrected chi connectivity index (χ1v) is 11.8. The van der Waals surface area contributed by atoms with E-state index in [0.29, 0.717) is 0 Å². The lowest BCUT2D eigenvalue weighted by Gasteiger charge is -2.38. The molecule has 0 saturated carbocycles. The summed E-state index contributed by atoms with van der Waals surface area (Å²) >= 11 is 0. The molecule has 0 aromatic heterocycles. The Balaban J connectivity index is 0. The Morgan fingerprint density at radius 2 is 1.19 bits per heavy atom. The highest BCUT2D eigenvalue weighted by Crippen LogP contribution is 2.36. The lowest BCUT2D eigenvalue weighted by Crippen LogP contribution is -2.55. The van der Waals surface area contributed by atoms with Crippen LogP contribution in [0.5, 0.6) is 0 Å². The Kier molecular flexibility index (Phi) is 12.9. The highest BCUT2D eigenvalue weighted by Gasteiger charge is 2.46. The van der Waals surface area contributed by atoms with Crippen molar-refractivity contribution in [3.05, 3.63) is 16.8 Å². The van der Waals surface area contributed by atoms with Crippen LogP contribution in [0.1, 0.15) is 40.0 Å². The monoisotopic (exact) mass is 507 g/mol. The number of halogens is 6. The minimum Gasteiger partial charge on any atom is -0.421 e. The second-order valence-corrected chi connectivity index (χ2v) is 9.75. The molecule has 0 aliphatic rings. The number of nitrogens with one attached hydrogen (secondary N) is 1. The van der Waals surface area contributed by atoms with E-state index >= 15 is 0 Å². The summed E-state index contributed by atoms with van der Waals surface area (Å²) < 4.78 is 110. The minimum absolute atomic E-state index is 0.0641. The average molecular weight is 508 g/mol. The predicted octanol–water partition coefficient (Wildman–Crippen LogP) is 3.35. The van der Waals surface area contributed by atoms with E-state index in [1.807, 2.05) is 0 Å². The van der Waals surface area contributed by atoms with Gasteiger partial charge in [-0.05, 0) is 25.3 Å². The topological polar surface area (TPSA) is 111 Å².